The Morgan fingerprint density at radius 3 is 2.00 bits per heavy atom. The predicted molar refractivity (Wildman–Crippen MR) is 102 cm³/mol. The molecular formula is C21H17NOS. The van der Waals surface area contributed by atoms with E-state index in [4.69, 9.17) is 0 Å². The molecule has 3 rings (SSSR count). The van der Waals surface area contributed by atoms with Crippen LogP contribution in [-0.2, 0) is 4.79 Å². The minimum Gasteiger partial charge on any atom is -0.322 e. The zero-order valence-electron chi connectivity index (χ0n) is 13.1. The summed E-state index contributed by atoms with van der Waals surface area (Å²) in [6.07, 6.45) is 1.54. The first-order valence-corrected chi connectivity index (χ1v) is 8.54. The number of nitrogens with one attached hydrogen (secondary N) is 1. The summed E-state index contributed by atoms with van der Waals surface area (Å²) in [6, 6.07) is 27.9. The van der Waals surface area contributed by atoms with Crippen molar-refractivity contribution in [3.63, 3.8) is 0 Å². The van der Waals surface area contributed by atoms with Gasteiger partial charge in [0.15, 0.2) is 0 Å². The molecule has 0 aromatic heterocycles. The second kappa shape index (κ2) is 8.18. The molecule has 0 bridgehead atoms. The number of carbonyl (C=O) groups is 1. The minimum absolute atomic E-state index is 0.133. The lowest BCUT2D eigenvalue weighted by molar-refractivity contribution is -0.111. The van der Waals surface area contributed by atoms with Crippen molar-refractivity contribution in [3.05, 3.63) is 96.4 Å². The first-order valence-electron chi connectivity index (χ1n) is 7.66. The molecule has 0 spiro atoms. The fourth-order valence-corrected chi connectivity index (χ4v) is 2.90. The molecule has 0 radical (unpaired) electrons. The molecular weight excluding hydrogens is 314 g/mol. The maximum absolute atomic E-state index is 11.9. The van der Waals surface area contributed by atoms with Gasteiger partial charge in [-0.1, -0.05) is 72.4 Å². The zero-order valence-corrected chi connectivity index (χ0v) is 13.9. The van der Waals surface area contributed by atoms with Gasteiger partial charge in [0.2, 0.25) is 5.91 Å². The van der Waals surface area contributed by atoms with Gasteiger partial charge in [-0.3, -0.25) is 4.79 Å². The van der Waals surface area contributed by atoms with Crippen LogP contribution in [0.5, 0.6) is 0 Å². The molecule has 1 N–H and O–H groups in total. The third-order valence-corrected chi connectivity index (χ3v) is 4.24. The van der Waals surface area contributed by atoms with E-state index < -0.39 is 0 Å². The van der Waals surface area contributed by atoms with Crippen molar-refractivity contribution in [1.29, 1.82) is 0 Å². The maximum atomic E-state index is 11.9. The van der Waals surface area contributed by atoms with E-state index in [1.165, 1.54) is 11.8 Å². The highest BCUT2D eigenvalue weighted by molar-refractivity contribution is 8.02. The van der Waals surface area contributed by atoms with Crippen molar-refractivity contribution < 1.29 is 4.79 Å². The van der Waals surface area contributed by atoms with Gasteiger partial charge in [0.1, 0.15) is 0 Å². The van der Waals surface area contributed by atoms with Crippen LogP contribution in [-0.4, -0.2) is 5.91 Å². The highest BCUT2D eigenvalue weighted by atomic mass is 32.2. The summed E-state index contributed by atoms with van der Waals surface area (Å²) in [4.78, 5) is 13.1. The van der Waals surface area contributed by atoms with Gasteiger partial charge in [0.05, 0.1) is 0 Å². The van der Waals surface area contributed by atoms with Crippen molar-refractivity contribution in [2.45, 2.75) is 4.90 Å². The van der Waals surface area contributed by atoms with Crippen LogP contribution in [0.1, 0.15) is 0 Å². The summed E-state index contributed by atoms with van der Waals surface area (Å²) >= 11 is 1.52. The minimum atomic E-state index is -0.133. The first kappa shape index (κ1) is 16.1. The number of amides is 1. The monoisotopic (exact) mass is 331 g/mol. The van der Waals surface area contributed by atoms with Crippen LogP contribution < -0.4 is 5.32 Å². The van der Waals surface area contributed by atoms with Crippen molar-refractivity contribution >= 4 is 23.4 Å². The van der Waals surface area contributed by atoms with E-state index in [9.17, 15) is 4.79 Å². The topological polar surface area (TPSA) is 29.1 Å². The Bertz CT molecular complexity index is 811. The normalized spacial score (nSPS) is 10.7. The van der Waals surface area contributed by atoms with Crippen molar-refractivity contribution in [2.75, 3.05) is 5.32 Å². The molecule has 0 aliphatic heterocycles. The van der Waals surface area contributed by atoms with Crippen LogP contribution in [0.25, 0.3) is 11.1 Å². The standard InChI is InChI=1S/C21H17NOS/c23-21(15-16-24-20-9-5-2-6-10-20)22-19-13-11-18(12-14-19)17-7-3-1-4-8-17/h1-16H,(H,22,23). The summed E-state index contributed by atoms with van der Waals surface area (Å²) < 4.78 is 0. The van der Waals surface area contributed by atoms with Gasteiger partial charge < -0.3 is 5.32 Å². The highest BCUT2D eigenvalue weighted by Gasteiger charge is 2.00. The van der Waals surface area contributed by atoms with Crippen molar-refractivity contribution in [1.82, 2.24) is 0 Å². The first-order chi connectivity index (χ1) is 11.8. The fraction of sp³-hybridized carbons (Fsp3) is 0. The van der Waals surface area contributed by atoms with Gasteiger partial charge in [0.25, 0.3) is 0 Å². The molecule has 0 saturated carbocycles. The van der Waals surface area contributed by atoms with Gasteiger partial charge in [-0.05, 0) is 40.8 Å². The van der Waals surface area contributed by atoms with Crippen LogP contribution in [0.15, 0.2) is 101 Å². The molecule has 0 saturated heterocycles. The number of hydrogen-bond acceptors (Lipinski definition) is 2. The van der Waals surface area contributed by atoms with E-state index in [-0.39, 0.29) is 5.91 Å². The third-order valence-electron chi connectivity index (χ3n) is 3.43. The lowest BCUT2D eigenvalue weighted by atomic mass is 10.1. The maximum Gasteiger partial charge on any atom is 0.248 e. The average molecular weight is 331 g/mol. The Morgan fingerprint density at radius 1 is 0.750 bits per heavy atom. The summed E-state index contributed by atoms with van der Waals surface area (Å²) in [5, 5.41) is 4.66. The Morgan fingerprint density at radius 2 is 1.33 bits per heavy atom. The van der Waals surface area contributed by atoms with E-state index in [2.05, 4.69) is 17.4 Å². The van der Waals surface area contributed by atoms with Gasteiger partial charge in [0, 0.05) is 16.7 Å². The number of benzene rings is 3. The van der Waals surface area contributed by atoms with Gasteiger partial charge in [-0.2, -0.15) is 0 Å². The molecule has 0 aliphatic rings. The molecule has 24 heavy (non-hydrogen) atoms. The number of anilines is 1. The molecule has 2 nitrogen and oxygen atoms in total. The SMILES string of the molecule is O=C(C=CSc1ccccc1)Nc1ccc(-c2ccccc2)cc1. The lowest BCUT2D eigenvalue weighted by Gasteiger charge is -2.05. The highest BCUT2D eigenvalue weighted by Crippen LogP contribution is 2.21. The number of rotatable bonds is 5. The second-order valence-corrected chi connectivity index (χ2v) is 6.15. The molecule has 3 heteroatoms. The quantitative estimate of drug-likeness (QED) is 0.487. The van der Waals surface area contributed by atoms with Crippen LogP contribution in [0.4, 0.5) is 5.69 Å². The summed E-state index contributed by atoms with van der Waals surface area (Å²) in [5.41, 5.74) is 3.08. The van der Waals surface area contributed by atoms with Gasteiger partial charge in [-0.25, -0.2) is 0 Å². The molecule has 118 valence electrons. The lowest BCUT2D eigenvalue weighted by Crippen LogP contribution is -2.07. The fourth-order valence-electron chi connectivity index (χ4n) is 2.23. The summed E-state index contributed by atoms with van der Waals surface area (Å²) in [7, 11) is 0. The number of carbonyl (C=O) groups excluding carboxylic acids is 1. The van der Waals surface area contributed by atoms with E-state index in [0.717, 1.165) is 21.7 Å². The molecule has 0 atom stereocenters. The third kappa shape index (κ3) is 4.61. The van der Waals surface area contributed by atoms with Crippen molar-refractivity contribution in [2.24, 2.45) is 0 Å². The van der Waals surface area contributed by atoms with Crippen LogP contribution >= 0.6 is 11.8 Å². The Labute approximate surface area is 146 Å². The molecule has 0 aliphatic carbocycles. The molecule has 3 aromatic carbocycles. The van der Waals surface area contributed by atoms with E-state index in [0.29, 0.717) is 0 Å². The second-order valence-electron chi connectivity index (χ2n) is 5.17. The van der Waals surface area contributed by atoms with Crippen LogP contribution in [0.2, 0.25) is 0 Å². The summed E-state index contributed by atoms with van der Waals surface area (Å²) in [5.74, 6) is -0.133. The van der Waals surface area contributed by atoms with E-state index in [1.807, 2.05) is 72.8 Å². The largest absolute Gasteiger partial charge is 0.322 e. The smallest absolute Gasteiger partial charge is 0.248 e. The predicted octanol–water partition coefficient (Wildman–Crippen LogP) is 5.60. The Balaban J connectivity index is 1.57. The number of thioether (sulfide) groups is 1. The van der Waals surface area contributed by atoms with Gasteiger partial charge in [-0.15, -0.1) is 0 Å². The molecule has 1 amide bonds. The van der Waals surface area contributed by atoms with E-state index in [1.54, 1.807) is 11.5 Å². The van der Waals surface area contributed by atoms with Gasteiger partial charge >= 0.3 is 0 Å². The molecule has 0 heterocycles. The van der Waals surface area contributed by atoms with Crippen LogP contribution in [0, 0.1) is 0 Å². The van der Waals surface area contributed by atoms with Crippen LogP contribution in [0.3, 0.4) is 0 Å². The molecule has 3 aromatic rings. The molecule has 0 unspecified atom stereocenters. The Hall–Kier alpha value is -2.78. The van der Waals surface area contributed by atoms with E-state index >= 15 is 0 Å². The number of hydrogen-bond donors (Lipinski definition) is 1. The average Bonchev–Trinajstić information content (AvgIpc) is 2.64. The van der Waals surface area contributed by atoms with Crippen molar-refractivity contribution in [3.8, 4) is 11.1 Å². The molecule has 0 fully saturated rings. The summed E-state index contributed by atoms with van der Waals surface area (Å²) in [6.45, 7) is 0. The zero-order chi connectivity index (χ0) is 16.6. The Kier molecular flexibility index (Phi) is 5.48.